The summed E-state index contributed by atoms with van der Waals surface area (Å²) in [6, 6.07) is 10.5. The van der Waals surface area contributed by atoms with E-state index in [1.54, 1.807) is 0 Å². The summed E-state index contributed by atoms with van der Waals surface area (Å²) in [4.78, 5) is 14.8. The highest BCUT2D eigenvalue weighted by Crippen LogP contribution is 2.19. The molecule has 3 rings (SSSR count). The summed E-state index contributed by atoms with van der Waals surface area (Å²) in [6.45, 7) is 7.12. The molecule has 6 heteroatoms. The van der Waals surface area contributed by atoms with Gasteiger partial charge in [0.1, 0.15) is 0 Å². The SMILES string of the molecule is CCCn1cc(C(=O)N2CCNC(c3ccccc3)C2)c(C)n1.Cl. The summed E-state index contributed by atoms with van der Waals surface area (Å²) in [5.74, 6) is 0.0901. The minimum atomic E-state index is 0. The van der Waals surface area contributed by atoms with E-state index in [-0.39, 0.29) is 24.4 Å². The molecule has 2 aromatic rings. The first-order valence-corrected chi connectivity index (χ1v) is 8.30. The molecule has 1 fully saturated rings. The van der Waals surface area contributed by atoms with Crippen LogP contribution in [-0.4, -0.2) is 40.2 Å². The summed E-state index contributed by atoms with van der Waals surface area (Å²) < 4.78 is 1.87. The molecule has 1 N–H and O–H groups in total. The zero-order valence-corrected chi connectivity index (χ0v) is 15.1. The summed E-state index contributed by atoms with van der Waals surface area (Å²) >= 11 is 0. The van der Waals surface area contributed by atoms with Crippen molar-refractivity contribution in [1.29, 1.82) is 0 Å². The quantitative estimate of drug-likeness (QED) is 0.924. The third kappa shape index (κ3) is 3.97. The number of rotatable bonds is 4. The lowest BCUT2D eigenvalue weighted by atomic mass is 10.0. The minimum Gasteiger partial charge on any atom is -0.335 e. The monoisotopic (exact) mass is 348 g/mol. The van der Waals surface area contributed by atoms with Gasteiger partial charge in [0.15, 0.2) is 0 Å². The number of halogens is 1. The zero-order chi connectivity index (χ0) is 16.2. The van der Waals surface area contributed by atoms with E-state index < -0.39 is 0 Å². The number of nitrogens with zero attached hydrogens (tertiary/aromatic N) is 3. The van der Waals surface area contributed by atoms with Crippen LogP contribution in [0.25, 0.3) is 0 Å². The number of aromatic nitrogens is 2. The zero-order valence-electron chi connectivity index (χ0n) is 14.2. The molecule has 1 aromatic heterocycles. The Morgan fingerprint density at radius 1 is 1.33 bits per heavy atom. The van der Waals surface area contributed by atoms with Crippen LogP contribution in [0.2, 0.25) is 0 Å². The molecule has 1 unspecified atom stereocenters. The smallest absolute Gasteiger partial charge is 0.257 e. The second-order valence-corrected chi connectivity index (χ2v) is 6.06. The van der Waals surface area contributed by atoms with E-state index in [4.69, 9.17) is 0 Å². The molecule has 1 aliphatic heterocycles. The maximum absolute atomic E-state index is 12.9. The Labute approximate surface area is 149 Å². The van der Waals surface area contributed by atoms with Gasteiger partial charge in [-0.2, -0.15) is 5.10 Å². The molecule has 1 atom stereocenters. The summed E-state index contributed by atoms with van der Waals surface area (Å²) in [7, 11) is 0. The fourth-order valence-electron chi connectivity index (χ4n) is 3.08. The van der Waals surface area contributed by atoms with Crippen molar-refractivity contribution in [3.8, 4) is 0 Å². The Hall–Kier alpha value is -1.85. The van der Waals surface area contributed by atoms with Crippen molar-refractivity contribution in [1.82, 2.24) is 20.0 Å². The Balaban J connectivity index is 0.00000208. The minimum absolute atomic E-state index is 0. The molecule has 0 spiro atoms. The first-order chi connectivity index (χ1) is 11.2. The fraction of sp³-hybridized carbons (Fsp3) is 0.444. The topological polar surface area (TPSA) is 50.2 Å². The van der Waals surface area contributed by atoms with Crippen LogP contribution in [0.5, 0.6) is 0 Å². The van der Waals surface area contributed by atoms with E-state index in [9.17, 15) is 4.79 Å². The molecule has 5 nitrogen and oxygen atoms in total. The lowest BCUT2D eigenvalue weighted by molar-refractivity contribution is 0.0702. The number of piperazine rings is 1. The maximum atomic E-state index is 12.9. The first-order valence-electron chi connectivity index (χ1n) is 8.30. The van der Waals surface area contributed by atoms with Crippen molar-refractivity contribution in [2.24, 2.45) is 0 Å². The highest BCUT2D eigenvalue weighted by atomic mass is 35.5. The lowest BCUT2D eigenvalue weighted by Crippen LogP contribution is -2.48. The van der Waals surface area contributed by atoms with Gasteiger partial charge in [-0.15, -0.1) is 12.4 Å². The molecule has 0 saturated carbocycles. The Bertz CT molecular complexity index is 671. The second kappa shape index (κ2) is 8.31. The molecule has 1 aliphatic rings. The van der Waals surface area contributed by atoms with Gasteiger partial charge in [-0.25, -0.2) is 0 Å². The average Bonchev–Trinajstić information content (AvgIpc) is 2.96. The van der Waals surface area contributed by atoms with Gasteiger partial charge < -0.3 is 10.2 Å². The van der Waals surface area contributed by atoms with Gasteiger partial charge in [-0.3, -0.25) is 9.48 Å². The van der Waals surface area contributed by atoms with Crippen molar-refractivity contribution in [2.45, 2.75) is 32.9 Å². The van der Waals surface area contributed by atoms with E-state index in [0.29, 0.717) is 6.54 Å². The van der Waals surface area contributed by atoms with Crippen LogP contribution in [0.3, 0.4) is 0 Å². The van der Waals surface area contributed by atoms with E-state index in [1.165, 1.54) is 5.56 Å². The van der Waals surface area contributed by atoms with Gasteiger partial charge in [-0.05, 0) is 18.9 Å². The van der Waals surface area contributed by atoms with Crippen LogP contribution in [0.4, 0.5) is 0 Å². The summed E-state index contributed by atoms with van der Waals surface area (Å²) in [6.07, 6.45) is 2.90. The summed E-state index contributed by atoms with van der Waals surface area (Å²) in [5, 5.41) is 7.94. The van der Waals surface area contributed by atoms with Crippen molar-refractivity contribution in [3.05, 3.63) is 53.3 Å². The Morgan fingerprint density at radius 3 is 2.79 bits per heavy atom. The molecule has 0 radical (unpaired) electrons. The molecule has 130 valence electrons. The maximum Gasteiger partial charge on any atom is 0.257 e. The third-order valence-electron chi connectivity index (χ3n) is 4.29. The van der Waals surface area contributed by atoms with Crippen LogP contribution in [0, 0.1) is 6.92 Å². The average molecular weight is 349 g/mol. The van der Waals surface area contributed by atoms with Gasteiger partial charge in [0.2, 0.25) is 0 Å². The van der Waals surface area contributed by atoms with Crippen LogP contribution < -0.4 is 5.32 Å². The number of amides is 1. The van der Waals surface area contributed by atoms with Gasteiger partial charge in [0, 0.05) is 38.4 Å². The Morgan fingerprint density at radius 2 is 2.08 bits per heavy atom. The summed E-state index contributed by atoms with van der Waals surface area (Å²) in [5.41, 5.74) is 2.77. The van der Waals surface area contributed by atoms with E-state index in [1.807, 2.05) is 40.9 Å². The predicted molar refractivity (Wildman–Crippen MR) is 97.6 cm³/mol. The molecule has 1 saturated heterocycles. The molecule has 1 aromatic carbocycles. The molecular weight excluding hydrogens is 324 g/mol. The lowest BCUT2D eigenvalue weighted by Gasteiger charge is -2.34. The first kappa shape index (κ1) is 18.5. The number of hydrogen-bond acceptors (Lipinski definition) is 3. The molecule has 0 aliphatic carbocycles. The fourth-order valence-corrected chi connectivity index (χ4v) is 3.08. The van der Waals surface area contributed by atoms with Crippen LogP contribution in [0.15, 0.2) is 36.5 Å². The molecule has 1 amide bonds. The van der Waals surface area contributed by atoms with Crippen molar-refractivity contribution >= 4 is 18.3 Å². The highest BCUT2D eigenvalue weighted by molar-refractivity contribution is 5.95. The number of nitrogens with one attached hydrogen (secondary N) is 1. The van der Waals surface area contributed by atoms with Gasteiger partial charge in [0.05, 0.1) is 11.3 Å². The van der Waals surface area contributed by atoms with Crippen molar-refractivity contribution < 1.29 is 4.79 Å². The van der Waals surface area contributed by atoms with Crippen molar-refractivity contribution in [3.63, 3.8) is 0 Å². The van der Waals surface area contributed by atoms with Crippen LogP contribution >= 0.6 is 12.4 Å². The predicted octanol–water partition coefficient (Wildman–Crippen LogP) is 2.81. The van der Waals surface area contributed by atoms with Crippen LogP contribution in [0.1, 0.15) is 41.0 Å². The Kier molecular flexibility index (Phi) is 6.40. The van der Waals surface area contributed by atoms with E-state index >= 15 is 0 Å². The number of carbonyl (C=O) groups excluding carboxylic acids is 1. The van der Waals surface area contributed by atoms with Crippen LogP contribution in [-0.2, 0) is 6.54 Å². The van der Waals surface area contributed by atoms with Gasteiger partial charge in [0.25, 0.3) is 5.91 Å². The number of aryl methyl sites for hydroxylation is 2. The highest BCUT2D eigenvalue weighted by Gasteiger charge is 2.26. The standard InChI is InChI=1S/C18H24N4O.ClH/c1-3-10-22-12-16(14(2)20-22)18(23)21-11-9-19-17(13-21)15-7-5-4-6-8-15;/h4-8,12,17,19H,3,9-11,13H2,1-2H3;1H. The molecular formula is C18H25ClN4O. The molecule has 2 heterocycles. The second-order valence-electron chi connectivity index (χ2n) is 6.06. The van der Waals surface area contributed by atoms with E-state index in [2.05, 4.69) is 29.5 Å². The van der Waals surface area contributed by atoms with Gasteiger partial charge >= 0.3 is 0 Å². The number of hydrogen-bond donors (Lipinski definition) is 1. The van der Waals surface area contributed by atoms with Crippen molar-refractivity contribution in [2.75, 3.05) is 19.6 Å². The normalized spacial score (nSPS) is 17.4. The molecule has 0 bridgehead atoms. The number of carbonyl (C=O) groups is 1. The van der Waals surface area contributed by atoms with E-state index in [0.717, 1.165) is 37.3 Å². The van der Waals surface area contributed by atoms with Gasteiger partial charge in [-0.1, -0.05) is 37.3 Å². The third-order valence-corrected chi connectivity index (χ3v) is 4.29. The molecule has 24 heavy (non-hydrogen) atoms. The largest absolute Gasteiger partial charge is 0.335 e. The number of benzene rings is 1.